The first-order chi connectivity index (χ1) is 8.63. The van der Waals surface area contributed by atoms with Crippen molar-refractivity contribution in [3.63, 3.8) is 0 Å². The molecule has 0 spiro atoms. The predicted octanol–water partition coefficient (Wildman–Crippen LogP) is 3.76. The summed E-state index contributed by atoms with van der Waals surface area (Å²) in [6.07, 6.45) is 5.99. The molecule has 1 N–H and O–H groups in total. The minimum atomic E-state index is 0.573. The van der Waals surface area contributed by atoms with Gasteiger partial charge in [0, 0.05) is 18.4 Å². The van der Waals surface area contributed by atoms with Crippen molar-refractivity contribution in [1.29, 1.82) is 0 Å². The Balaban J connectivity index is 2.29. The molecule has 3 nitrogen and oxygen atoms in total. The average Bonchev–Trinajstić information content (AvgIpc) is 2.80. The monoisotopic (exact) mass is 269 g/mol. The summed E-state index contributed by atoms with van der Waals surface area (Å²) >= 11 is 1.80. The van der Waals surface area contributed by atoms with E-state index in [1.165, 1.54) is 29.3 Å². The van der Waals surface area contributed by atoms with E-state index in [0.29, 0.717) is 12.0 Å². The maximum atomic E-state index is 4.33. The quantitative estimate of drug-likeness (QED) is 0.694. The lowest BCUT2D eigenvalue weighted by Crippen LogP contribution is -2.23. The van der Waals surface area contributed by atoms with Gasteiger partial charge in [-0.1, -0.05) is 40.5 Å². The van der Waals surface area contributed by atoms with Crippen LogP contribution in [0.3, 0.4) is 0 Å². The van der Waals surface area contributed by atoms with Gasteiger partial charge in [0.2, 0.25) is 0 Å². The molecule has 1 rings (SSSR count). The van der Waals surface area contributed by atoms with Crippen LogP contribution in [0.4, 0.5) is 0 Å². The molecular formula is C14H27N3S. The number of aromatic nitrogens is 2. The van der Waals surface area contributed by atoms with Gasteiger partial charge in [-0.3, -0.25) is 0 Å². The Bertz CT molecular complexity index is 323. The summed E-state index contributed by atoms with van der Waals surface area (Å²) in [5.74, 6) is 0.574. The lowest BCUT2D eigenvalue weighted by molar-refractivity contribution is 0.569. The van der Waals surface area contributed by atoms with Crippen LogP contribution in [0.25, 0.3) is 0 Å². The zero-order chi connectivity index (χ0) is 13.4. The number of aryl methyl sites for hydroxylation is 1. The van der Waals surface area contributed by atoms with Crippen LogP contribution in [0, 0.1) is 0 Å². The van der Waals surface area contributed by atoms with Crippen molar-refractivity contribution in [2.24, 2.45) is 0 Å². The molecule has 0 aliphatic carbocycles. The summed E-state index contributed by atoms with van der Waals surface area (Å²) in [5.41, 5.74) is 0. The Labute approximate surface area is 115 Å². The van der Waals surface area contributed by atoms with Crippen molar-refractivity contribution >= 4 is 11.3 Å². The molecule has 1 aromatic rings. The normalized spacial score (nSPS) is 13.2. The molecule has 1 aromatic heterocycles. The SMILES string of the molecule is CCCCC(C)c1nnc(CCCNC(C)C)s1. The van der Waals surface area contributed by atoms with E-state index in [1.54, 1.807) is 11.3 Å². The lowest BCUT2D eigenvalue weighted by Gasteiger charge is -2.06. The molecule has 0 aliphatic rings. The molecule has 0 saturated carbocycles. The zero-order valence-corrected chi connectivity index (χ0v) is 13.0. The molecule has 104 valence electrons. The fourth-order valence-corrected chi connectivity index (χ4v) is 2.80. The second-order valence-electron chi connectivity index (χ2n) is 5.29. The van der Waals surface area contributed by atoms with E-state index in [9.17, 15) is 0 Å². The molecule has 0 radical (unpaired) electrons. The smallest absolute Gasteiger partial charge is 0.120 e. The molecule has 1 heterocycles. The van der Waals surface area contributed by atoms with Crippen LogP contribution < -0.4 is 5.32 Å². The second kappa shape index (κ2) is 8.59. The third-order valence-electron chi connectivity index (χ3n) is 3.01. The van der Waals surface area contributed by atoms with E-state index in [2.05, 4.69) is 43.2 Å². The fourth-order valence-electron chi connectivity index (χ4n) is 1.83. The molecule has 0 bridgehead atoms. The van der Waals surface area contributed by atoms with Gasteiger partial charge in [-0.25, -0.2) is 0 Å². The summed E-state index contributed by atoms with van der Waals surface area (Å²) in [4.78, 5) is 0. The van der Waals surface area contributed by atoms with Crippen LogP contribution in [0.1, 0.15) is 69.3 Å². The molecule has 0 aromatic carbocycles. The molecule has 1 unspecified atom stereocenters. The molecule has 4 heteroatoms. The summed E-state index contributed by atoms with van der Waals surface area (Å²) in [6, 6.07) is 0.573. The van der Waals surface area contributed by atoms with Crippen LogP contribution >= 0.6 is 11.3 Å². The van der Waals surface area contributed by atoms with Gasteiger partial charge in [0.1, 0.15) is 10.0 Å². The van der Waals surface area contributed by atoms with Crippen molar-refractivity contribution in [3.8, 4) is 0 Å². The van der Waals surface area contributed by atoms with E-state index in [1.807, 2.05) is 0 Å². The number of unbranched alkanes of at least 4 members (excludes halogenated alkanes) is 1. The highest BCUT2D eigenvalue weighted by Gasteiger charge is 2.11. The van der Waals surface area contributed by atoms with Gasteiger partial charge in [-0.2, -0.15) is 0 Å². The van der Waals surface area contributed by atoms with Crippen LogP contribution in [-0.2, 0) is 6.42 Å². The highest BCUT2D eigenvalue weighted by atomic mass is 32.1. The Morgan fingerprint density at radius 1 is 1.17 bits per heavy atom. The van der Waals surface area contributed by atoms with Gasteiger partial charge in [-0.15, -0.1) is 21.5 Å². The summed E-state index contributed by atoms with van der Waals surface area (Å²) < 4.78 is 0. The first-order valence-corrected chi connectivity index (χ1v) is 8.00. The molecule has 0 amide bonds. The molecule has 0 aliphatic heterocycles. The number of nitrogens with one attached hydrogen (secondary N) is 1. The van der Waals surface area contributed by atoms with Crippen molar-refractivity contribution in [1.82, 2.24) is 15.5 Å². The average molecular weight is 269 g/mol. The van der Waals surface area contributed by atoms with Gasteiger partial charge in [-0.05, 0) is 19.4 Å². The minimum absolute atomic E-state index is 0.573. The van der Waals surface area contributed by atoms with E-state index < -0.39 is 0 Å². The van der Waals surface area contributed by atoms with E-state index >= 15 is 0 Å². The van der Waals surface area contributed by atoms with Gasteiger partial charge >= 0.3 is 0 Å². The highest BCUT2D eigenvalue weighted by molar-refractivity contribution is 7.11. The molecule has 18 heavy (non-hydrogen) atoms. The Kier molecular flexibility index (Phi) is 7.44. The molecule has 1 atom stereocenters. The zero-order valence-electron chi connectivity index (χ0n) is 12.2. The van der Waals surface area contributed by atoms with Crippen molar-refractivity contribution in [2.45, 2.75) is 71.8 Å². The first-order valence-electron chi connectivity index (χ1n) is 7.19. The van der Waals surface area contributed by atoms with E-state index in [0.717, 1.165) is 19.4 Å². The second-order valence-corrected chi connectivity index (χ2v) is 6.38. The Morgan fingerprint density at radius 2 is 1.94 bits per heavy atom. The largest absolute Gasteiger partial charge is 0.315 e. The first kappa shape index (κ1) is 15.6. The van der Waals surface area contributed by atoms with Crippen molar-refractivity contribution < 1.29 is 0 Å². The maximum absolute atomic E-state index is 4.33. The van der Waals surface area contributed by atoms with Crippen molar-refractivity contribution in [2.75, 3.05) is 6.54 Å². The lowest BCUT2D eigenvalue weighted by atomic mass is 10.1. The van der Waals surface area contributed by atoms with Crippen LogP contribution in [0.15, 0.2) is 0 Å². The summed E-state index contributed by atoms with van der Waals surface area (Å²) in [6.45, 7) is 9.93. The number of nitrogens with zero attached hydrogens (tertiary/aromatic N) is 2. The standard InChI is InChI=1S/C14H27N3S/c1-5-6-8-12(4)14-17-16-13(18-14)9-7-10-15-11(2)3/h11-12,15H,5-10H2,1-4H3. The van der Waals surface area contributed by atoms with Crippen LogP contribution in [0.2, 0.25) is 0 Å². The summed E-state index contributed by atoms with van der Waals surface area (Å²) in [7, 11) is 0. The third kappa shape index (κ3) is 5.91. The van der Waals surface area contributed by atoms with E-state index in [4.69, 9.17) is 0 Å². The van der Waals surface area contributed by atoms with E-state index in [-0.39, 0.29) is 0 Å². The van der Waals surface area contributed by atoms with Gasteiger partial charge in [0.15, 0.2) is 0 Å². The van der Waals surface area contributed by atoms with Gasteiger partial charge in [0.25, 0.3) is 0 Å². The Morgan fingerprint density at radius 3 is 2.61 bits per heavy atom. The molecular weight excluding hydrogens is 242 g/mol. The highest BCUT2D eigenvalue weighted by Crippen LogP contribution is 2.24. The van der Waals surface area contributed by atoms with Crippen LogP contribution in [0.5, 0.6) is 0 Å². The third-order valence-corrected chi connectivity index (χ3v) is 4.23. The summed E-state index contributed by atoms with van der Waals surface area (Å²) in [5, 5.41) is 14.5. The van der Waals surface area contributed by atoms with Crippen molar-refractivity contribution in [3.05, 3.63) is 10.0 Å². The van der Waals surface area contributed by atoms with Gasteiger partial charge in [0.05, 0.1) is 0 Å². The number of hydrogen-bond donors (Lipinski definition) is 1. The topological polar surface area (TPSA) is 37.8 Å². The maximum Gasteiger partial charge on any atom is 0.120 e. The molecule has 0 fully saturated rings. The minimum Gasteiger partial charge on any atom is -0.315 e. The number of rotatable bonds is 9. The fraction of sp³-hybridized carbons (Fsp3) is 0.857. The molecule has 0 saturated heterocycles. The predicted molar refractivity (Wildman–Crippen MR) is 79.3 cm³/mol. The van der Waals surface area contributed by atoms with Gasteiger partial charge < -0.3 is 5.32 Å². The Hall–Kier alpha value is -0.480. The van der Waals surface area contributed by atoms with Crippen LogP contribution in [-0.4, -0.2) is 22.8 Å². The number of hydrogen-bond acceptors (Lipinski definition) is 4.